The predicted octanol–water partition coefficient (Wildman–Crippen LogP) is 5.85. The normalized spacial score (nSPS) is 10.8. The van der Waals surface area contributed by atoms with Gasteiger partial charge in [-0.1, -0.05) is 50.6 Å². The Labute approximate surface area is 106 Å². The average Bonchev–Trinajstić information content (AvgIpc) is 2.63. The van der Waals surface area contributed by atoms with E-state index in [9.17, 15) is 0 Å². The molecule has 1 aromatic rings. The molecule has 1 rings (SSSR count). The van der Waals surface area contributed by atoms with Gasteiger partial charge in [-0.15, -0.1) is 23.1 Å². The van der Waals surface area contributed by atoms with Crippen LogP contribution < -0.4 is 0 Å². The number of unbranched alkanes of at least 4 members (excludes halogenated alkanes) is 5. The zero-order valence-electron chi connectivity index (χ0n) is 9.30. The highest BCUT2D eigenvalue weighted by atomic mass is 35.5. The van der Waals surface area contributed by atoms with E-state index < -0.39 is 0 Å². The van der Waals surface area contributed by atoms with Gasteiger partial charge in [-0.2, -0.15) is 0 Å². The van der Waals surface area contributed by atoms with Gasteiger partial charge in [0.15, 0.2) is 0 Å². The molecule has 0 fully saturated rings. The van der Waals surface area contributed by atoms with Crippen LogP contribution in [-0.2, 0) is 0 Å². The van der Waals surface area contributed by atoms with Crippen LogP contribution in [0.2, 0.25) is 4.34 Å². The first-order chi connectivity index (χ1) is 7.34. The average molecular weight is 263 g/mol. The molecular formula is C12H19ClS2. The summed E-state index contributed by atoms with van der Waals surface area (Å²) >= 11 is 9.54. The highest BCUT2D eigenvalue weighted by Gasteiger charge is 2.01. The summed E-state index contributed by atoms with van der Waals surface area (Å²) < 4.78 is 0.950. The van der Waals surface area contributed by atoms with Gasteiger partial charge in [-0.05, 0) is 23.6 Å². The molecule has 0 aromatic carbocycles. The standard InChI is InChI=1S/C12H19ClS2/c1-2-3-4-5-6-7-9-14-11-8-10-15-12(11)13/h8,10H,2-7,9H2,1H3. The zero-order chi connectivity index (χ0) is 10.9. The van der Waals surface area contributed by atoms with E-state index in [1.807, 2.05) is 11.8 Å². The maximum atomic E-state index is 6.02. The van der Waals surface area contributed by atoms with E-state index in [1.165, 1.54) is 49.2 Å². The fraction of sp³-hybridized carbons (Fsp3) is 0.667. The van der Waals surface area contributed by atoms with E-state index in [2.05, 4.69) is 18.4 Å². The molecule has 86 valence electrons. The molecule has 15 heavy (non-hydrogen) atoms. The van der Waals surface area contributed by atoms with Crippen molar-refractivity contribution in [3.05, 3.63) is 15.8 Å². The maximum absolute atomic E-state index is 6.02. The summed E-state index contributed by atoms with van der Waals surface area (Å²) in [6.07, 6.45) is 8.21. The van der Waals surface area contributed by atoms with Crippen LogP contribution in [0.4, 0.5) is 0 Å². The molecule has 0 nitrogen and oxygen atoms in total. The summed E-state index contributed by atoms with van der Waals surface area (Å²) in [5.41, 5.74) is 0. The summed E-state index contributed by atoms with van der Waals surface area (Å²) in [6.45, 7) is 2.26. The molecule has 0 bridgehead atoms. The van der Waals surface area contributed by atoms with Gasteiger partial charge in [0.2, 0.25) is 0 Å². The molecule has 0 N–H and O–H groups in total. The van der Waals surface area contributed by atoms with E-state index in [4.69, 9.17) is 11.6 Å². The first-order valence-electron chi connectivity index (χ1n) is 5.70. The van der Waals surface area contributed by atoms with Crippen molar-refractivity contribution in [1.29, 1.82) is 0 Å². The third kappa shape index (κ3) is 5.84. The van der Waals surface area contributed by atoms with Crippen LogP contribution in [0.3, 0.4) is 0 Å². The van der Waals surface area contributed by atoms with Gasteiger partial charge in [0.25, 0.3) is 0 Å². The van der Waals surface area contributed by atoms with Crippen LogP contribution in [-0.4, -0.2) is 5.75 Å². The summed E-state index contributed by atoms with van der Waals surface area (Å²) in [4.78, 5) is 1.26. The number of rotatable bonds is 8. The van der Waals surface area contributed by atoms with Gasteiger partial charge >= 0.3 is 0 Å². The molecule has 3 heteroatoms. The minimum absolute atomic E-state index is 0.950. The highest BCUT2D eigenvalue weighted by Crippen LogP contribution is 2.32. The van der Waals surface area contributed by atoms with Gasteiger partial charge < -0.3 is 0 Å². The van der Waals surface area contributed by atoms with Gasteiger partial charge in [-0.25, -0.2) is 0 Å². The Morgan fingerprint density at radius 2 is 1.93 bits per heavy atom. The number of thiophene rings is 1. The SMILES string of the molecule is CCCCCCCCSc1ccsc1Cl. The summed E-state index contributed by atoms with van der Waals surface area (Å²) in [7, 11) is 0. The Hall–Kier alpha value is 0.340. The minimum Gasteiger partial charge on any atom is -0.131 e. The van der Waals surface area contributed by atoms with Crippen LogP contribution >= 0.6 is 34.7 Å². The van der Waals surface area contributed by atoms with Gasteiger partial charge in [0.05, 0.1) is 0 Å². The van der Waals surface area contributed by atoms with Crippen molar-refractivity contribution in [2.24, 2.45) is 0 Å². The van der Waals surface area contributed by atoms with Crippen LogP contribution in [0, 0.1) is 0 Å². The van der Waals surface area contributed by atoms with Crippen LogP contribution in [0.5, 0.6) is 0 Å². The van der Waals surface area contributed by atoms with E-state index in [0.717, 1.165) is 4.34 Å². The van der Waals surface area contributed by atoms with Crippen LogP contribution in [0.25, 0.3) is 0 Å². The molecular weight excluding hydrogens is 244 g/mol. The molecule has 1 aromatic heterocycles. The van der Waals surface area contributed by atoms with Crippen molar-refractivity contribution in [2.75, 3.05) is 5.75 Å². The van der Waals surface area contributed by atoms with Crippen molar-refractivity contribution in [2.45, 2.75) is 50.3 Å². The molecule has 0 aliphatic carbocycles. The van der Waals surface area contributed by atoms with Crippen molar-refractivity contribution in [3.63, 3.8) is 0 Å². The third-order valence-corrected chi connectivity index (χ3v) is 4.90. The first kappa shape index (κ1) is 13.4. The summed E-state index contributed by atoms with van der Waals surface area (Å²) in [6, 6.07) is 2.12. The first-order valence-corrected chi connectivity index (χ1v) is 7.94. The van der Waals surface area contributed by atoms with Gasteiger partial charge in [0.1, 0.15) is 4.34 Å². The topological polar surface area (TPSA) is 0 Å². The van der Waals surface area contributed by atoms with E-state index in [1.54, 1.807) is 11.3 Å². The molecule has 0 unspecified atom stereocenters. The molecule has 0 spiro atoms. The van der Waals surface area contributed by atoms with E-state index in [0.29, 0.717) is 0 Å². The zero-order valence-corrected chi connectivity index (χ0v) is 11.7. The lowest BCUT2D eigenvalue weighted by Crippen LogP contribution is -1.81. The Morgan fingerprint density at radius 3 is 2.60 bits per heavy atom. The molecule has 0 amide bonds. The largest absolute Gasteiger partial charge is 0.131 e. The Bertz CT molecular complexity index is 258. The second-order valence-electron chi connectivity index (χ2n) is 3.67. The lowest BCUT2D eigenvalue weighted by Gasteiger charge is -2.00. The highest BCUT2D eigenvalue weighted by molar-refractivity contribution is 7.99. The van der Waals surface area contributed by atoms with E-state index in [-0.39, 0.29) is 0 Å². The molecule has 0 saturated heterocycles. The van der Waals surface area contributed by atoms with Crippen LogP contribution in [0.15, 0.2) is 16.3 Å². The molecule has 1 heterocycles. The predicted molar refractivity (Wildman–Crippen MR) is 73.4 cm³/mol. The molecule has 0 aliphatic rings. The van der Waals surface area contributed by atoms with Crippen molar-refractivity contribution in [1.82, 2.24) is 0 Å². The smallest absolute Gasteiger partial charge is 0.106 e. The number of halogens is 1. The Morgan fingerprint density at radius 1 is 1.20 bits per heavy atom. The van der Waals surface area contributed by atoms with Gasteiger partial charge in [0, 0.05) is 4.90 Å². The fourth-order valence-electron chi connectivity index (χ4n) is 1.45. The monoisotopic (exact) mass is 262 g/mol. The maximum Gasteiger partial charge on any atom is 0.106 e. The third-order valence-electron chi connectivity index (χ3n) is 2.34. The Balaban J connectivity index is 1.96. The van der Waals surface area contributed by atoms with Crippen molar-refractivity contribution < 1.29 is 0 Å². The van der Waals surface area contributed by atoms with Crippen molar-refractivity contribution in [3.8, 4) is 0 Å². The molecule has 0 saturated carbocycles. The minimum atomic E-state index is 0.950. The van der Waals surface area contributed by atoms with Crippen LogP contribution in [0.1, 0.15) is 45.4 Å². The number of thioether (sulfide) groups is 1. The number of hydrogen-bond acceptors (Lipinski definition) is 2. The van der Waals surface area contributed by atoms with Gasteiger partial charge in [-0.3, -0.25) is 0 Å². The lowest BCUT2D eigenvalue weighted by atomic mass is 10.1. The molecule has 0 aliphatic heterocycles. The molecule has 0 radical (unpaired) electrons. The van der Waals surface area contributed by atoms with E-state index >= 15 is 0 Å². The number of hydrogen-bond donors (Lipinski definition) is 0. The van der Waals surface area contributed by atoms with Crippen molar-refractivity contribution >= 4 is 34.7 Å². The Kier molecular flexibility index (Phi) is 7.58. The lowest BCUT2D eigenvalue weighted by molar-refractivity contribution is 0.627. The fourth-order valence-corrected chi connectivity index (χ4v) is 3.59. The summed E-state index contributed by atoms with van der Waals surface area (Å²) in [5.74, 6) is 1.21. The molecule has 0 atom stereocenters. The summed E-state index contributed by atoms with van der Waals surface area (Å²) in [5, 5.41) is 2.06. The second kappa shape index (κ2) is 8.49. The quantitative estimate of drug-likeness (QED) is 0.418. The second-order valence-corrected chi connectivity index (χ2v) is 6.33.